The summed E-state index contributed by atoms with van der Waals surface area (Å²) < 4.78 is 12.8. The number of pyridine rings is 1. The van der Waals surface area contributed by atoms with Crippen molar-refractivity contribution in [3.05, 3.63) is 121 Å². The number of benzene rings is 4. The number of aromatic nitrogens is 4. The van der Waals surface area contributed by atoms with Gasteiger partial charge in [0.2, 0.25) is 6.33 Å². The molecule has 0 saturated heterocycles. The first kappa shape index (κ1) is 30.8. The molecule has 5 nitrogen and oxygen atoms in total. The summed E-state index contributed by atoms with van der Waals surface area (Å²) in [7, 11) is 2.01. The van der Waals surface area contributed by atoms with Crippen LogP contribution < -0.4 is 9.30 Å². The molecule has 0 fully saturated rings. The Labute approximate surface area is 279 Å². The largest absolute Gasteiger partial charge is 0.510 e. The molecule has 3 aromatic heterocycles. The van der Waals surface area contributed by atoms with E-state index in [1.54, 1.807) is 0 Å². The monoisotopic (exact) mass is 771 g/mol. The summed E-state index contributed by atoms with van der Waals surface area (Å²) >= 11 is 0. The van der Waals surface area contributed by atoms with Gasteiger partial charge in [0.25, 0.3) is 0 Å². The molecule has 0 bridgehead atoms. The molecule has 0 aliphatic carbocycles. The summed E-state index contributed by atoms with van der Waals surface area (Å²) in [6, 6.07) is 36.5. The minimum Gasteiger partial charge on any atom is -0.510 e. The molecule has 0 aliphatic rings. The number of imidazole rings is 1. The van der Waals surface area contributed by atoms with Crippen LogP contribution in [-0.2, 0) is 38.9 Å². The predicted octanol–water partition coefficient (Wildman–Crippen LogP) is 8.73. The van der Waals surface area contributed by atoms with Crippen molar-refractivity contribution in [2.45, 2.75) is 52.4 Å². The van der Waals surface area contributed by atoms with Crippen LogP contribution in [0.3, 0.4) is 0 Å². The van der Waals surface area contributed by atoms with E-state index in [0.29, 0.717) is 11.5 Å². The van der Waals surface area contributed by atoms with E-state index in [1.807, 2.05) is 36.0 Å². The van der Waals surface area contributed by atoms with Crippen LogP contribution in [-0.4, -0.2) is 14.1 Å². The first-order valence-electron chi connectivity index (χ1n) is 15.0. The molecular weight excluding hydrogens is 736 g/mol. The van der Waals surface area contributed by atoms with Crippen molar-refractivity contribution < 1.29 is 30.4 Å². The van der Waals surface area contributed by atoms with E-state index in [-0.39, 0.29) is 31.9 Å². The van der Waals surface area contributed by atoms with Gasteiger partial charge in [0.05, 0.1) is 18.1 Å². The molecule has 7 rings (SSSR count). The fourth-order valence-electron chi connectivity index (χ4n) is 5.81. The molecule has 7 aromatic rings. The van der Waals surface area contributed by atoms with Crippen LogP contribution in [0.2, 0.25) is 0 Å². The zero-order valence-corrected chi connectivity index (χ0v) is 28.9. The third-order valence-corrected chi connectivity index (χ3v) is 8.29. The van der Waals surface area contributed by atoms with Gasteiger partial charge in [-0.2, -0.15) is 17.7 Å². The predicted molar refractivity (Wildman–Crippen MR) is 177 cm³/mol. The number of hydrogen-bond donors (Lipinski definition) is 0. The summed E-state index contributed by atoms with van der Waals surface area (Å²) in [5.41, 5.74) is 7.32. The number of aryl methyl sites for hydroxylation is 1. The van der Waals surface area contributed by atoms with Gasteiger partial charge in [-0.3, -0.25) is 0 Å². The van der Waals surface area contributed by atoms with Gasteiger partial charge < -0.3 is 18.4 Å². The molecule has 6 heteroatoms. The Morgan fingerprint density at radius 1 is 0.711 bits per heavy atom. The fourth-order valence-corrected chi connectivity index (χ4v) is 5.81. The summed E-state index contributed by atoms with van der Waals surface area (Å²) in [4.78, 5) is 4.81. The maximum atomic E-state index is 6.59. The number of fused-ring (bicyclic) bond motifs is 4. The average molecular weight is 772 g/mol. The smallest absolute Gasteiger partial charge is 0.242 e. The second kappa shape index (κ2) is 11.3. The molecule has 0 aliphatic heterocycles. The Kier molecular flexibility index (Phi) is 7.73. The van der Waals surface area contributed by atoms with Gasteiger partial charge in [-0.15, -0.1) is 29.7 Å². The average Bonchev–Trinajstić information content (AvgIpc) is 3.51. The molecule has 230 valence electrons. The van der Waals surface area contributed by atoms with Crippen LogP contribution in [0.4, 0.5) is 0 Å². The van der Waals surface area contributed by atoms with Crippen molar-refractivity contribution in [2.75, 3.05) is 0 Å². The van der Waals surface area contributed by atoms with Crippen LogP contribution in [0.5, 0.6) is 11.5 Å². The normalized spacial score (nSPS) is 12.2. The Morgan fingerprint density at radius 2 is 1.42 bits per heavy atom. The van der Waals surface area contributed by atoms with Crippen molar-refractivity contribution in [1.82, 2.24) is 14.1 Å². The first-order valence-corrected chi connectivity index (χ1v) is 15.0. The Bertz CT molecular complexity index is 2190. The van der Waals surface area contributed by atoms with E-state index in [0.717, 1.165) is 49.9 Å². The SMILES string of the molecule is C[n+]1[c-]n(-c2[c-]c(Oc3[c-]c4c(cc3)c3ccccc3n4-c3cc(C(C)(C)C)ccn3)cc(C(C)(C)C)c2)c2ccccc21.[Pt]. The maximum Gasteiger partial charge on any atom is 0.242 e. The molecule has 45 heavy (non-hydrogen) atoms. The Morgan fingerprint density at radius 3 is 2.18 bits per heavy atom. The number of rotatable bonds is 4. The van der Waals surface area contributed by atoms with Gasteiger partial charge in [0.15, 0.2) is 0 Å². The van der Waals surface area contributed by atoms with Gasteiger partial charge >= 0.3 is 0 Å². The van der Waals surface area contributed by atoms with Crippen molar-refractivity contribution in [1.29, 1.82) is 0 Å². The van der Waals surface area contributed by atoms with E-state index in [1.165, 1.54) is 5.56 Å². The van der Waals surface area contributed by atoms with Gasteiger partial charge in [-0.25, -0.2) is 4.98 Å². The second-order valence-corrected chi connectivity index (χ2v) is 13.5. The number of hydrogen-bond acceptors (Lipinski definition) is 2. The van der Waals surface area contributed by atoms with Crippen molar-refractivity contribution in [3.8, 4) is 23.0 Å². The maximum absolute atomic E-state index is 6.59. The molecule has 4 aromatic carbocycles. The van der Waals surface area contributed by atoms with E-state index in [4.69, 9.17) is 9.72 Å². The van der Waals surface area contributed by atoms with E-state index >= 15 is 0 Å². The summed E-state index contributed by atoms with van der Waals surface area (Å²) in [6.07, 6.45) is 5.34. The van der Waals surface area contributed by atoms with Crippen LogP contribution in [0.25, 0.3) is 44.3 Å². The molecule has 0 unspecified atom stereocenters. The van der Waals surface area contributed by atoms with Crippen molar-refractivity contribution in [2.24, 2.45) is 7.05 Å². The van der Waals surface area contributed by atoms with Gasteiger partial charge in [0, 0.05) is 44.3 Å². The first-order chi connectivity index (χ1) is 21.0. The van der Waals surface area contributed by atoms with E-state index in [2.05, 4.69) is 136 Å². The van der Waals surface area contributed by atoms with Crippen LogP contribution in [0.15, 0.2) is 91.1 Å². The zero-order chi connectivity index (χ0) is 30.8. The van der Waals surface area contributed by atoms with Crippen LogP contribution >= 0.6 is 0 Å². The third kappa shape index (κ3) is 5.59. The minimum absolute atomic E-state index is 0. The topological polar surface area (TPSA) is 35.9 Å². The van der Waals surface area contributed by atoms with Crippen LogP contribution in [0, 0.1) is 18.5 Å². The number of para-hydroxylation sites is 3. The van der Waals surface area contributed by atoms with E-state index in [9.17, 15) is 0 Å². The third-order valence-electron chi connectivity index (χ3n) is 8.29. The molecular formula is C39H36N4OPt-2. The van der Waals surface area contributed by atoms with Gasteiger partial charge in [-0.05, 0) is 40.0 Å². The quantitative estimate of drug-likeness (QED) is 0.133. The Hall–Kier alpha value is -4.21. The summed E-state index contributed by atoms with van der Waals surface area (Å²) in [5, 5.41) is 2.25. The zero-order valence-electron chi connectivity index (χ0n) is 26.7. The van der Waals surface area contributed by atoms with E-state index < -0.39 is 0 Å². The van der Waals surface area contributed by atoms with Gasteiger partial charge in [0.1, 0.15) is 5.82 Å². The molecule has 0 atom stereocenters. The van der Waals surface area contributed by atoms with Crippen LogP contribution in [0.1, 0.15) is 52.7 Å². The fraction of sp³-hybridized carbons (Fsp3) is 0.231. The number of ether oxygens (including phenoxy) is 1. The molecule has 0 amide bonds. The van der Waals surface area contributed by atoms with Crippen molar-refractivity contribution >= 4 is 32.8 Å². The summed E-state index contributed by atoms with van der Waals surface area (Å²) in [5.74, 6) is 2.12. The minimum atomic E-state index is -0.100. The molecule has 0 spiro atoms. The van der Waals surface area contributed by atoms with Gasteiger partial charge in [-0.1, -0.05) is 95.2 Å². The molecule has 0 saturated carbocycles. The molecule has 3 heterocycles. The summed E-state index contributed by atoms with van der Waals surface area (Å²) in [6.45, 7) is 13.3. The molecule has 0 radical (unpaired) electrons. The standard InChI is InChI=1S/C39H36N4O.Pt/c1-38(2,3)26-18-19-40-37(22-26)43-33-13-9-8-12-31(33)32-17-16-29(24-36(32)43)44-30-21-27(39(4,5)6)20-28(23-30)42-25-41(7)34-14-10-11-15-35(34)42;/h8-22H,1-7H3;/q-2;. The van der Waals surface area contributed by atoms with Crippen molar-refractivity contribution in [3.63, 3.8) is 0 Å². The number of nitrogens with zero attached hydrogens (tertiary/aromatic N) is 4. The molecule has 0 N–H and O–H groups in total. The second-order valence-electron chi connectivity index (χ2n) is 13.5. The Balaban J connectivity index is 0.00000357.